The summed E-state index contributed by atoms with van der Waals surface area (Å²) in [5.41, 5.74) is 0.395. The summed E-state index contributed by atoms with van der Waals surface area (Å²) in [6.07, 6.45) is 5.32. The van der Waals surface area contributed by atoms with E-state index in [1.54, 1.807) is 0 Å². The zero-order valence-corrected chi connectivity index (χ0v) is 11.2. The SMILES string of the molecule is CSC(=CC(=O)c1ccc(F)c(Cl)c1)SC. The number of ketones is 1. The van der Waals surface area contributed by atoms with E-state index in [1.807, 2.05) is 12.5 Å². The second kappa shape index (κ2) is 6.33. The number of hydrogen-bond donors (Lipinski definition) is 0. The molecule has 0 radical (unpaired) electrons. The van der Waals surface area contributed by atoms with Crippen molar-refractivity contribution in [3.05, 3.63) is 44.9 Å². The zero-order valence-electron chi connectivity index (χ0n) is 8.79. The molecule has 16 heavy (non-hydrogen) atoms. The molecule has 1 nitrogen and oxygen atoms in total. The third kappa shape index (κ3) is 3.54. The topological polar surface area (TPSA) is 17.1 Å². The van der Waals surface area contributed by atoms with E-state index < -0.39 is 5.82 Å². The number of allylic oxidation sites excluding steroid dienone is 1. The largest absolute Gasteiger partial charge is 0.289 e. The smallest absolute Gasteiger partial charge is 0.187 e. The molecule has 0 spiro atoms. The minimum Gasteiger partial charge on any atom is -0.289 e. The quantitative estimate of drug-likeness (QED) is 0.605. The Hall–Kier alpha value is -0.450. The average molecular weight is 277 g/mol. The second-order valence-electron chi connectivity index (χ2n) is 2.86. The van der Waals surface area contributed by atoms with Crippen LogP contribution in [-0.2, 0) is 0 Å². The van der Waals surface area contributed by atoms with Gasteiger partial charge in [0.1, 0.15) is 5.82 Å². The average Bonchev–Trinajstić information content (AvgIpc) is 2.29. The first-order chi connectivity index (χ1) is 7.58. The van der Waals surface area contributed by atoms with Gasteiger partial charge >= 0.3 is 0 Å². The highest BCUT2D eigenvalue weighted by molar-refractivity contribution is 8.21. The highest BCUT2D eigenvalue weighted by Crippen LogP contribution is 2.24. The van der Waals surface area contributed by atoms with Crippen molar-refractivity contribution in [2.75, 3.05) is 12.5 Å². The summed E-state index contributed by atoms with van der Waals surface area (Å²) in [5.74, 6) is -0.683. The van der Waals surface area contributed by atoms with Crippen LogP contribution in [0.3, 0.4) is 0 Å². The molecule has 1 rings (SSSR count). The predicted molar refractivity (Wildman–Crippen MR) is 70.9 cm³/mol. The predicted octanol–water partition coefficient (Wildman–Crippen LogP) is 4.23. The summed E-state index contributed by atoms with van der Waals surface area (Å²) in [6.45, 7) is 0. The summed E-state index contributed by atoms with van der Waals surface area (Å²) in [5, 5.41) is -0.0332. The Labute approximate surface area is 107 Å². The standard InChI is InChI=1S/C11H10ClFOS2/c1-15-11(16-2)6-10(14)7-3-4-9(13)8(12)5-7/h3-6H,1-2H3. The summed E-state index contributed by atoms with van der Waals surface area (Å²) >= 11 is 8.60. The van der Waals surface area contributed by atoms with Crippen molar-refractivity contribution in [1.29, 1.82) is 0 Å². The monoisotopic (exact) mass is 276 g/mol. The first kappa shape index (κ1) is 13.6. The molecule has 0 aliphatic heterocycles. The Morgan fingerprint density at radius 2 is 2.00 bits per heavy atom. The highest BCUT2D eigenvalue weighted by atomic mass is 35.5. The fourth-order valence-electron chi connectivity index (χ4n) is 1.04. The van der Waals surface area contributed by atoms with Crippen LogP contribution in [0.1, 0.15) is 10.4 Å². The van der Waals surface area contributed by atoms with Crippen molar-refractivity contribution in [2.24, 2.45) is 0 Å². The van der Waals surface area contributed by atoms with Gasteiger partial charge in [-0.3, -0.25) is 4.79 Å². The van der Waals surface area contributed by atoms with Crippen LogP contribution in [0.5, 0.6) is 0 Å². The van der Waals surface area contributed by atoms with Crippen molar-refractivity contribution < 1.29 is 9.18 Å². The zero-order chi connectivity index (χ0) is 12.1. The molecule has 0 amide bonds. The van der Waals surface area contributed by atoms with Crippen LogP contribution < -0.4 is 0 Å². The minimum absolute atomic E-state index is 0.0332. The van der Waals surface area contributed by atoms with Gasteiger partial charge in [0, 0.05) is 15.9 Å². The molecular weight excluding hydrogens is 267 g/mol. The van der Waals surface area contributed by atoms with Gasteiger partial charge in [-0.1, -0.05) is 11.6 Å². The van der Waals surface area contributed by atoms with E-state index in [9.17, 15) is 9.18 Å². The van der Waals surface area contributed by atoms with Crippen LogP contribution in [0.4, 0.5) is 4.39 Å². The van der Waals surface area contributed by atoms with Crippen LogP contribution >= 0.6 is 35.1 Å². The first-order valence-electron chi connectivity index (χ1n) is 4.37. The maximum atomic E-state index is 12.9. The molecule has 0 bridgehead atoms. The maximum Gasteiger partial charge on any atom is 0.187 e. The molecule has 0 N–H and O–H groups in total. The lowest BCUT2D eigenvalue weighted by atomic mass is 10.1. The van der Waals surface area contributed by atoms with Gasteiger partial charge in [0.05, 0.1) is 5.02 Å². The van der Waals surface area contributed by atoms with Crippen molar-refractivity contribution in [3.8, 4) is 0 Å². The molecule has 5 heteroatoms. The third-order valence-corrected chi connectivity index (χ3v) is 4.19. The van der Waals surface area contributed by atoms with Gasteiger partial charge < -0.3 is 0 Å². The number of carbonyl (C=O) groups is 1. The first-order valence-corrected chi connectivity index (χ1v) is 7.20. The highest BCUT2D eigenvalue weighted by Gasteiger charge is 2.07. The molecule has 0 fully saturated rings. The van der Waals surface area contributed by atoms with Crippen LogP contribution in [0.2, 0.25) is 5.02 Å². The Kier molecular flexibility index (Phi) is 5.38. The van der Waals surface area contributed by atoms with E-state index in [2.05, 4.69) is 0 Å². The van der Waals surface area contributed by atoms with Gasteiger partial charge in [0.25, 0.3) is 0 Å². The fourth-order valence-corrected chi connectivity index (χ4v) is 2.34. The molecule has 0 unspecified atom stereocenters. The molecule has 0 aliphatic rings. The molecule has 0 atom stereocenters. The number of rotatable bonds is 4. The molecule has 0 saturated carbocycles. The van der Waals surface area contributed by atoms with Crippen molar-refractivity contribution >= 4 is 40.9 Å². The molecule has 0 aromatic heterocycles. The minimum atomic E-state index is -0.517. The fraction of sp³-hybridized carbons (Fsp3) is 0.182. The number of carbonyl (C=O) groups excluding carboxylic acids is 1. The Balaban J connectivity index is 2.97. The van der Waals surface area contributed by atoms with Crippen LogP contribution in [0.25, 0.3) is 0 Å². The third-order valence-electron chi connectivity index (χ3n) is 1.86. The number of halogens is 2. The van der Waals surface area contributed by atoms with Gasteiger partial charge in [-0.25, -0.2) is 4.39 Å². The van der Waals surface area contributed by atoms with Crippen molar-refractivity contribution in [3.63, 3.8) is 0 Å². The van der Waals surface area contributed by atoms with Gasteiger partial charge in [-0.05, 0) is 30.7 Å². The molecule has 1 aromatic carbocycles. The summed E-state index contributed by atoms with van der Waals surface area (Å²) < 4.78 is 13.8. The van der Waals surface area contributed by atoms with E-state index in [0.717, 1.165) is 4.24 Å². The van der Waals surface area contributed by atoms with Gasteiger partial charge in [-0.2, -0.15) is 0 Å². The molecular formula is C11H10ClFOS2. The number of hydrogen-bond acceptors (Lipinski definition) is 3. The van der Waals surface area contributed by atoms with Crippen LogP contribution in [0.15, 0.2) is 28.5 Å². The lowest BCUT2D eigenvalue weighted by molar-refractivity contribution is 0.104. The van der Waals surface area contributed by atoms with E-state index in [-0.39, 0.29) is 10.8 Å². The lowest BCUT2D eigenvalue weighted by Gasteiger charge is -2.00. The van der Waals surface area contributed by atoms with Crippen molar-refractivity contribution in [2.45, 2.75) is 0 Å². The van der Waals surface area contributed by atoms with Crippen LogP contribution in [0, 0.1) is 5.82 Å². The lowest BCUT2D eigenvalue weighted by Crippen LogP contribution is -1.95. The molecule has 0 saturated heterocycles. The van der Waals surface area contributed by atoms with Crippen molar-refractivity contribution in [1.82, 2.24) is 0 Å². The second-order valence-corrected chi connectivity index (χ2v) is 5.23. The van der Waals surface area contributed by atoms with Gasteiger partial charge in [0.15, 0.2) is 5.78 Å². The van der Waals surface area contributed by atoms with E-state index in [4.69, 9.17) is 11.6 Å². The number of benzene rings is 1. The van der Waals surface area contributed by atoms with E-state index in [0.29, 0.717) is 5.56 Å². The molecule has 0 heterocycles. The normalized spacial score (nSPS) is 10.0. The summed E-state index contributed by atoms with van der Waals surface area (Å²) in [7, 11) is 0. The maximum absolute atomic E-state index is 12.9. The molecule has 0 aliphatic carbocycles. The number of thioether (sulfide) groups is 2. The van der Waals surface area contributed by atoms with Gasteiger partial charge in [0.2, 0.25) is 0 Å². The van der Waals surface area contributed by atoms with Gasteiger partial charge in [-0.15, -0.1) is 23.5 Å². The van der Waals surface area contributed by atoms with Crippen LogP contribution in [-0.4, -0.2) is 18.3 Å². The van der Waals surface area contributed by atoms with E-state index in [1.165, 1.54) is 47.8 Å². The van der Waals surface area contributed by atoms with E-state index >= 15 is 0 Å². The Morgan fingerprint density at radius 1 is 1.38 bits per heavy atom. The summed E-state index contributed by atoms with van der Waals surface area (Å²) in [6, 6.07) is 3.97. The Bertz CT molecular complexity index is 426. The Morgan fingerprint density at radius 3 is 2.50 bits per heavy atom. The molecule has 1 aromatic rings. The molecule has 86 valence electrons. The summed E-state index contributed by atoms with van der Waals surface area (Å²) in [4.78, 5) is 11.8.